The van der Waals surface area contributed by atoms with Gasteiger partial charge in [-0.15, -0.1) is 5.92 Å². The average Bonchev–Trinajstić information content (AvgIpc) is 2.49. The van der Waals surface area contributed by atoms with E-state index in [2.05, 4.69) is 34.7 Å². The normalized spacial score (nSPS) is 10.0. The first kappa shape index (κ1) is 20.5. The number of alkyl halides is 1. The summed E-state index contributed by atoms with van der Waals surface area (Å²) in [6.07, 6.45) is 13.0. The Hall–Kier alpha value is -0.490. The van der Waals surface area contributed by atoms with Crippen molar-refractivity contribution in [2.75, 3.05) is 11.9 Å². The maximum atomic E-state index is 11.5. The summed E-state index contributed by atoms with van der Waals surface area (Å²) in [6.45, 7) is 2.66. The molecule has 122 valence electrons. The maximum absolute atomic E-state index is 11.5. The fraction of sp³-hybridized carbons (Fsp3) is 0.833. The molecule has 0 saturated carbocycles. The third-order valence-electron chi connectivity index (χ3n) is 3.28. The van der Waals surface area contributed by atoms with Crippen molar-refractivity contribution in [2.24, 2.45) is 0 Å². The van der Waals surface area contributed by atoms with E-state index in [4.69, 9.17) is 4.74 Å². The second-order valence-corrected chi connectivity index (χ2v) is 6.13. The van der Waals surface area contributed by atoms with Crippen LogP contribution in [0.15, 0.2) is 0 Å². The molecule has 0 fully saturated rings. The SMILES string of the molecule is CCCCCCC#CCCOC(=O)CCCCCCCBr. The van der Waals surface area contributed by atoms with Gasteiger partial charge in [0.25, 0.3) is 0 Å². The van der Waals surface area contributed by atoms with Crippen molar-refractivity contribution >= 4 is 21.9 Å². The minimum absolute atomic E-state index is 0.0692. The second kappa shape index (κ2) is 17.6. The molecule has 0 saturated heterocycles. The lowest BCUT2D eigenvalue weighted by molar-refractivity contribution is -0.143. The van der Waals surface area contributed by atoms with Gasteiger partial charge in [-0.05, 0) is 19.3 Å². The Kier molecular flexibility index (Phi) is 17.2. The Morgan fingerprint density at radius 3 is 2.33 bits per heavy atom. The largest absolute Gasteiger partial charge is 0.465 e. The summed E-state index contributed by atoms with van der Waals surface area (Å²) >= 11 is 3.42. The molecule has 3 heteroatoms. The van der Waals surface area contributed by atoms with Crippen LogP contribution in [-0.4, -0.2) is 17.9 Å². The Morgan fingerprint density at radius 1 is 0.905 bits per heavy atom. The molecular weight excluding hydrogens is 328 g/mol. The molecule has 21 heavy (non-hydrogen) atoms. The molecule has 0 aliphatic rings. The van der Waals surface area contributed by atoms with Crippen molar-refractivity contribution in [1.29, 1.82) is 0 Å². The van der Waals surface area contributed by atoms with Gasteiger partial charge in [0.2, 0.25) is 0 Å². The molecule has 0 aliphatic carbocycles. The zero-order valence-corrected chi connectivity index (χ0v) is 15.2. The van der Waals surface area contributed by atoms with E-state index in [1.54, 1.807) is 0 Å². The summed E-state index contributed by atoms with van der Waals surface area (Å²) in [5.74, 6) is 6.15. The van der Waals surface area contributed by atoms with Crippen molar-refractivity contribution in [3.63, 3.8) is 0 Å². The second-order valence-electron chi connectivity index (χ2n) is 5.34. The smallest absolute Gasteiger partial charge is 0.305 e. The van der Waals surface area contributed by atoms with E-state index in [9.17, 15) is 4.79 Å². The predicted molar refractivity (Wildman–Crippen MR) is 93.6 cm³/mol. The van der Waals surface area contributed by atoms with Crippen LogP contribution in [0.25, 0.3) is 0 Å². The molecule has 0 radical (unpaired) electrons. The Bertz CT molecular complexity index is 291. The van der Waals surface area contributed by atoms with Crippen LogP contribution in [0.3, 0.4) is 0 Å². The summed E-state index contributed by atoms with van der Waals surface area (Å²) in [6, 6.07) is 0. The predicted octanol–water partition coefficient (Wildman–Crippen LogP) is 5.63. The van der Waals surface area contributed by atoms with Gasteiger partial charge in [-0.1, -0.05) is 67.3 Å². The third-order valence-corrected chi connectivity index (χ3v) is 3.85. The highest BCUT2D eigenvalue weighted by Gasteiger charge is 2.01. The Morgan fingerprint density at radius 2 is 1.57 bits per heavy atom. The first-order chi connectivity index (χ1) is 10.3. The number of esters is 1. The highest BCUT2D eigenvalue weighted by molar-refractivity contribution is 9.09. The van der Waals surface area contributed by atoms with E-state index >= 15 is 0 Å². The fourth-order valence-corrected chi connectivity index (χ4v) is 2.40. The molecule has 0 unspecified atom stereocenters. The molecule has 0 rings (SSSR count). The summed E-state index contributed by atoms with van der Waals surface area (Å²) in [7, 11) is 0. The van der Waals surface area contributed by atoms with Crippen LogP contribution in [-0.2, 0) is 9.53 Å². The standard InChI is InChI=1S/C18H31BrO2/c1-2-3-4-5-6-7-11-14-17-21-18(20)15-12-9-8-10-13-16-19/h2-6,8-10,12-17H2,1H3. The number of halogens is 1. The van der Waals surface area contributed by atoms with Gasteiger partial charge in [-0.3, -0.25) is 4.79 Å². The van der Waals surface area contributed by atoms with Gasteiger partial charge in [0.1, 0.15) is 6.61 Å². The quantitative estimate of drug-likeness (QED) is 0.184. The lowest BCUT2D eigenvalue weighted by atomic mass is 10.1. The summed E-state index contributed by atoms with van der Waals surface area (Å²) in [4.78, 5) is 11.5. The molecule has 0 heterocycles. The minimum Gasteiger partial charge on any atom is -0.465 e. The molecule has 2 nitrogen and oxygen atoms in total. The van der Waals surface area contributed by atoms with Crippen LogP contribution < -0.4 is 0 Å². The maximum Gasteiger partial charge on any atom is 0.305 e. The van der Waals surface area contributed by atoms with Crippen LogP contribution in [0.2, 0.25) is 0 Å². The van der Waals surface area contributed by atoms with Gasteiger partial charge in [0.05, 0.1) is 0 Å². The summed E-state index contributed by atoms with van der Waals surface area (Å²) in [5, 5.41) is 1.08. The van der Waals surface area contributed by atoms with Crippen molar-refractivity contribution < 1.29 is 9.53 Å². The average molecular weight is 359 g/mol. The van der Waals surface area contributed by atoms with Crippen LogP contribution >= 0.6 is 15.9 Å². The zero-order chi connectivity index (χ0) is 15.6. The zero-order valence-electron chi connectivity index (χ0n) is 13.6. The van der Waals surface area contributed by atoms with E-state index in [0.717, 1.165) is 24.6 Å². The van der Waals surface area contributed by atoms with Crippen LogP contribution in [0.1, 0.15) is 84.0 Å². The fourth-order valence-electron chi connectivity index (χ4n) is 2.00. The molecule has 0 N–H and O–H groups in total. The highest BCUT2D eigenvalue weighted by Crippen LogP contribution is 2.07. The lowest BCUT2D eigenvalue weighted by Crippen LogP contribution is -2.05. The molecule has 0 aromatic heterocycles. The van der Waals surface area contributed by atoms with Gasteiger partial charge in [0.15, 0.2) is 0 Å². The van der Waals surface area contributed by atoms with Gasteiger partial charge in [-0.2, -0.15) is 0 Å². The van der Waals surface area contributed by atoms with Gasteiger partial charge < -0.3 is 4.74 Å². The molecular formula is C18H31BrO2. The van der Waals surface area contributed by atoms with Crippen molar-refractivity contribution in [2.45, 2.75) is 84.0 Å². The Labute approximate surface area is 139 Å². The number of ether oxygens (including phenoxy) is 1. The van der Waals surface area contributed by atoms with Gasteiger partial charge >= 0.3 is 5.97 Å². The van der Waals surface area contributed by atoms with Crippen LogP contribution in [0, 0.1) is 11.8 Å². The van der Waals surface area contributed by atoms with E-state index in [0.29, 0.717) is 19.4 Å². The minimum atomic E-state index is -0.0692. The monoisotopic (exact) mass is 358 g/mol. The number of hydrogen-bond donors (Lipinski definition) is 0. The number of rotatable bonds is 13. The summed E-state index contributed by atoms with van der Waals surface area (Å²) in [5.41, 5.74) is 0. The first-order valence-corrected chi connectivity index (χ1v) is 9.60. The van der Waals surface area contributed by atoms with Gasteiger partial charge in [-0.25, -0.2) is 0 Å². The van der Waals surface area contributed by atoms with E-state index < -0.39 is 0 Å². The van der Waals surface area contributed by atoms with Crippen LogP contribution in [0.5, 0.6) is 0 Å². The topological polar surface area (TPSA) is 26.3 Å². The van der Waals surface area contributed by atoms with E-state index in [1.165, 1.54) is 44.9 Å². The van der Waals surface area contributed by atoms with Crippen LogP contribution in [0.4, 0.5) is 0 Å². The molecule has 0 spiro atoms. The van der Waals surface area contributed by atoms with E-state index in [-0.39, 0.29) is 5.97 Å². The number of carbonyl (C=O) groups excluding carboxylic acids is 1. The Balaban J connectivity index is 3.28. The van der Waals surface area contributed by atoms with Crippen molar-refractivity contribution in [3.8, 4) is 11.8 Å². The first-order valence-electron chi connectivity index (χ1n) is 8.48. The number of carbonyl (C=O) groups is 1. The summed E-state index contributed by atoms with van der Waals surface area (Å²) < 4.78 is 5.17. The molecule has 0 amide bonds. The molecule has 0 aromatic carbocycles. The van der Waals surface area contributed by atoms with Crippen molar-refractivity contribution in [1.82, 2.24) is 0 Å². The lowest BCUT2D eigenvalue weighted by Gasteiger charge is -2.02. The van der Waals surface area contributed by atoms with E-state index in [1.807, 2.05) is 0 Å². The molecule has 0 atom stereocenters. The molecule has 0 bridgehead atoms. The number of hydrogen-bond acceptors (Lipinski definition) is 2. The van der Waals surface area contributed by atoms with Crippen molar-refractivity contribution in [3.05, 3.63) is 0 Å². The third kappa shape index (κ3) is 17.5. The highest BCUT2D eigenvalue weighted by atomic mass is 79.9. The molecule has 0 aliphatic heterocycles. The molecule has 0 aromatic rings. The van der Waals surface area contributed by atoms with Gasteiger partial charge in [0, 0.05) is 24.6 Å². The number of unbranched alkanes of at least 4 members (excludes halogenated alkanes) is 8.